The molecular weight excluding hydrogens is 516 g/mol. The first-order valence-electron chi connectivity index (χ1n) is 11.1. The van der Waals surface area contributed by atoms with E-state index < -0.39 is 10.0 Å². The van der Waals surface area contributed by atoms with Crippen molar-refractivity contribution in [3.63, 3.8) is 0 Å². The number of hydrogen-bond acceptors (Lipinski definition) is 4. The van der Waals surface area contributed by atoms with Crippen molar-refractivity contribution in [2.24, 2.45) is 0 Å². The quantitative estimate of drug-likeness (QED) is 0.340. The molecule has 0 aliphatic rings. The molecule has 0 aliphatic heterocycles. The van der Waals surface area contributed by atoms with E-state index in [1.54, 1.807) is 36.4 Å². The molecule has 0 atom stereocenters. The average molecular weight is 545 g/mol. The second kappa shape index (κ2) is 12.0. The van der Waals surface area contributed by atoms with E-state index in [1.807, 2.05) is 26.0 Å². The van der Waals surface area contributed by atoms with Crippen LogP contribution in [0.2, 0.25) is 0 Å². The number of hydrogen-bond donors (Lipinski definition) is 1. The van der Waals surface area contributed by atoms with Crippen molar-refractivity contribution in [3.05, 3.63) is 88.4 Å². The number of carbonyl (C=O) groups excluding carboxylic acids is 1. The molecule has 0 saturated carbocycles. The largest absolute Gasteiger partial charge is 0.494 e. The fourth-order valence-corrected chi connectivity index (χ4v) is 5.18. The average Bonchev–Trinajstić information content (AvgIpc) is 2.81. The number of nitrogens with one attached hydrogen (secondary N) is 1. The lowest BCUT2D eigenvalue weighted by atomic mass is 10.1. The van der Waals surface area contributed by atoms with Gasteiger partial charge in [-0.05, 0) is 80.8 Å². The second-order valence-electron chi connectivity index (χ2n) is 7.84. The van der Waals surface area contributed by atoms with Crippen LogP contribution in [0, 0.1) is 6.92 Å². The Morgan fingerprint density at radius 1 is 1.03 bits per heavy atom. The zero-order chi connectivity index (χ0) is 24.6. The third-order valence-corrected chi connectivity index (χ3v) is 7.49. The Morgan fingerprint density at radius 3 is 2.38 bits per heavy atom. The smallest absolute Gasteiger partial charge is 0.264 e. The zero-order valence-corrected chi connectivity index (χ0v) is 21.7. The van der Waals surface area contributed by atoms with Crippen molar-refractivity contribution >= 4 is 37.5 Å². The fourth-order valence-electron chi connectivity index (χ4n) is 3.50. The summed E-state index contributed by atoms with van der Waals surface area (Å²) in [7, 11) is -3.96. The maximum atomic E-state index is 13.4. The summed E-state index contributed by atoms with van der Waals surface area (Å²) in [6.07, 6.45) is 1.60. The number of halogens is 1. The number of ether oxygens (including phenoxy) is 1. The fraction of sp³-hybridized carbons (Fsp3) is 0.269. The molecule has 8 heteroatoms. The molecule has 3 rings (SSSR count). The molecule has 0 heterocycles. The maximum absolute atomic E-state index is 13.4. The molecule has 3 aromatic carbocycles. The summed E-state index contributed by atoms with van der Waals surface area (Å²) in [5, 5.41) is 2.85. The van der Waals surface area contributed by atoms with Gasteiger partial charge in [-0.15, -0.1) is 0 Å². The van der Waals surface area contributed by atoms with Crippen LogP contribution in [0.3, 0.4) is 0 Å². The highest BCUT2D eigenvalue weighted by molar-refractivity contribution is 9.10. The van der Waals surface area contributed by atoms with Gasteiger partial charge in [0.2, 0.25) is 5.91 Å². The van der Waals surface area contributed by atoms with Crippen molar-refractivity contribution in [3.8, 4) is 5.75 Å². The number of rotatable bonds is 11. The first kappa shape index (κ1) is 25.8. The lowest BCUT2D eigenvalue weighted by molar-refractivity contribution is -0.119. The standard InChI is InChI=1S/C26H29BrN2O4S/c1-3-33-24-13-11-23(12-14-24)29(34(31,32)25-15-9-22(27)10-16-25)19-26(30)28-17-5-8-21-7-4-6-20(2)18-21/h4,6-7,9-16,18H,3,5,8,17,19H2,1-2H3,(H,28,30). The third kappa shape index (κ3) is 7.08. The highest BCUT2D eigenvalue weighted by Gasteiger charge is 2.27. The highest BCUT2D eigenvalue weighted by atomic mass is 79.9. The molecule has 180 valence electrons. The predicted molar refractivity (Wildman–Crippen MR) is 139 cm³/mol. The lowest BCUT2D eigenvalue weighted by Crippen LogP contribution is -2.41. The van der Waals surface area contributed by atoms with Crippen LogP contribution in [0.25, 0.3) is 0 Å². The van der Waals surface area contributed by atoms with Crippen LogP contribution in [0.1, 0.15) is 24.5 Å². The Morgan fingerprint density at radius 2 is 1.74 bits per heavy atom. The van der Waals surface area contributed by atoms with Crippen LogP contribution >= 0.6 is 15.9 Å². The summed E-state index contributed by atoms with van der Waals surface area (Å²) in [6, 6.07) is 21.3. The Labute approximate surface area is 210 Å². The van der Waals surface area contributed by atoms with Gasteiger partial charge in [0.05, 0.1) is 17.2 Å². The molecule has 0 aliphatic carbocycles. The zero-order valence-electron chi connectivity index (χ0n) is 19.3. The van der Waals surface area contributed by atoms with Crippen molar-refractivity contribution in [1.29, 1.82) is 0 Å². The monoisotopic (exact) mass is 544 g/mol. The molecule has 0 unspecified atom stereocenters. The van der Waals surface area contributed by atoms with Crippen molar-refractivity contribution in [1.82, 2.24) is 5.32 Å². The highest BCUT2D eigenvalue weighted by Crippen LogP contribution is 2.26. The molecule has 0 spiro atoms. The van der Waals surface area contributed by atoms with E-state index in [0.717, 1.165) is 21.6 Å². The summed E-state index contributed by atoms with van der Waals surface area (Å²) in [6.45, 7) is 4.57. The number of amides is 1. The molecule has 34 heavy (non-hydrogen) atoms. The summed E-state index contributed by atoms with van der Waals surface area (Å²) in [5.41, 5.74) is 2.80. The maximum Gasteiger partial charge on any atom is 0.264 e. The molecule has 0 saturated heterocycles. The molecule has 0 aromatic heterocycles. The van der Waals surface area contributed by atoms with Gasteiger partial charge in [0.1, 0.15) is 12.3 Å². The normalized spacial score (nSPS) is 11.1. The van der Waals surface area contributed by atoms with Gasteiger partial charge in [-0.25, -0.2) is 8.42 Å². The number of sulfonamides is 1. The lowest BCUT2D eigenvalue weighted by Gasteiger charge is -2.24. The molecule has 0 fully saturated rings. The Kier molecular flexibility index (Phi) is 9.12. The summed E-state index contributed by atoms with van der Waals surface area (Å²) >= 11 is 3.33. The van der Waals surface area contributed by atoms with Crippen LogP contribution < -0.4 is 14.4 Å². The van der Waals surface area contributed by atoms with E-state index in [9.17, 15) is 13.2 Å². The van der Waals surface area contributed by atoms with E-state index in [-0.39, 0.29) is 17.3 Å². The topological polar surface area (TPSA) is 75.7 Å². The molecule has 1 amide bonds. The minimum atomic E-state index is -3.96. The number of carbonyl (C=O) groups is 1. The van der Waals surface area contributed by atoms with Gasteiger partial charge in [0.25, 0.3) is 10.0 Å². The number of anilines is 1. The van der Waals surface area contributed by atoms with Gasteiger partial charge in [-0.3, -0.25) is 9.10 Å². The van der Waals surface area contributed by atoms with Gasteiger partial charge in [-0.1, -0.05) is 45.8 Å². The van der Waals surface area contributed by atoms with Crippen LogP contribution in [0.5, 0.6) is 5.75 Å². The van der Waals surface area contributed by atoms with Gasteiger partial charge in [0, 0.05) is 11.0 Å². The summed E-state index contributed by atoms with van der Waals surface area (Å²) in [4.78, 5) is 12.9. The predicted octanol–water partition coefficient (Wildman–Crippen LogP) is 5.10. The van der Waals surface area contributed by atoms with E-state index in [2.05, 4.69) is 33.4 Å². The summed E-state index contributed by atoms with van der Waals surface area (Å²) in [5.74, 6) is 0.270. The molecule has 1 N–H and O–H groups in total. The first-order chi connectivity index (χ1) is 16.3. The SMILES string of the molecule is CCOc1ccc(N(CC(=O)NCCCc2cccc(C)c2)S(=O)(=O)c2ccc(Br)cc2)cc1. The van der Waals surface area contributed by atoms with Crippen molar-refractivity contribution in [2.45, 2.75) is 31.6 Å². The van der Waals surface area contributed by atoms with Gasteiger partial charge in [0.15, 0.2) is 0 Å². The molecule has 0 bridgehead atoms. The van der Waals surface area contributed by atoms with E-state index >= 15 is 0 Å². The van der Waals surface area contributed by atoms with E-state index in [4.69, 9.17) is 4.74 Å². The van der Waals surface area contributed by atoms with Crippen LogP contribution in [-0.2, 0) is 21.2 Å². The Hall–Kier alpha value is -2.84. The molecule has 3 aromatic rings. The number of aryl methyl sites for hydroxylation is 2. The first-order valence-corrected chi connectivity index (χ1v) is 13.4. The van der Waals surface area contributed by atoms with E-state index in [1.165, 1.54) is 23.3 Å². The Balaban J connectivity index is 1.72. The van der Waals surface area contributed by atoms with Crippen molar-refractivity contribution in [2.75, 3.05) is 24.0 Å². The molecule has 6 nitrogen and oxygen atoms in total. The van der Waals surface area contributed by atoms with Gasteiger partial charge >= 0.3 is 0 Å². The number of benzene rings is 3. The van der Waals surface area contributed by atoms with Crippen LogP contribution in [-0.4, -0.2) is 34.0 Å². The summed E-state index contributed by atoms with van der Waals surface area (Å²) < 4.78 is 34.2. The van der Waals surface area contributed by atoms with Crippen LogP contribution in [0.15, 0.2) is 82.2 Å². The molecular formula is C26H29BrN2O4S. The molecule has 0 radical (unpaired) electrons. The minimum Gasteiger partial charge on any atom is -0.494 e. The second-order valence-corrected chi connectivity index (χ2v) is 10.6. The Bertz CT molecular complexity index is 1200. The van der Waals surface area contributed by atoms with Crippen LogP contribution in [0.4, 0.5) is 5.69 Å². The van der Waals surface area contributed by atoms with Crippen molar-refractivity contribution < 1.29 is 17.9 Å². The van der Waals surface area contributed by atoms with Gasteiger partial charge < -0.3 is 10.1 Å². The minimum absolute atomic E-state index is 0.108. The van der Waals surface area contributed by atoms with E-state index in [0.29, 0.717) is 24.6 Å². The third-order valence-electron chi connectivity index (χ3n) is 5.17. The van der Waals surface area contributed by atoms with Gasteiger partial charge in [-0.2, -0.15) is 0 Å². The number of nitrogens with zero attached hydrogens (tertiary/aromatic N) is 1.